The first kappa shape index (κ1) is 20.9. The van der Waals surface area contributed by atoms with E-state index in [0.717, 1.165) is 11.1 Å². The summed E-state index contributed by atoms with van der Waals surface area (Å²) < 4.78 is 31.3. The number of anilines is 1. The van der Waals surface area contributed by atoms with Crippen LogP contribution in [0.3, 0.4) is 0 Å². The predicted molar refractivity (Wildman–Crippen MR) is 110 cm³/mol. The lowest BCUT2D eigenvalue weighted by atomic mass is 9.99. The minimum atomic E-state index is -4.28. The first-order valence-electron chi connectivity index (χ1n) is 8.16. The van der Waals surface area contributed by atoms with Gasteiger partial charge in [0.05, 0.1) is 16.2 Å². The van der Waals surface area contributed by atoms with Gasteiger partial charge in [0, 0.05) is 5.69 Å². The van der Waals surface area contributed by atoms with Crippen LogP contribution in [-0.4, -0.2) is 19.7 Å². The number of nitrogens with one attached hydrogen (secondary N) is 1. The van der Waals surface area contributed by atoms with E-state index in [2.05, 4.69) is 23.1 Å². The average molecular weight is 396 g/mol. The molecule has 0 unspecified atom stereocenters. The van der Waals surface area contributed by atoms with Crippen molar-refractivity contribution < 1.29 is 13.0 Å². The minimum absolute atomic E-state index is 0.219. The summed E-state index contributed by atoms with van der Waals surface area (Å²) in [5, 5.41) is 12.5. The molecule has 0 aliphatic heterocycles. The van der Waals surface area contributed by atoms with E-state index in [-0.39, 0.29) is 16.4 Å². The molecular formula is C20H20N4O3S. The molecule has 0 spiro atoms. The maximum absolute atomic E-state index is 11.1. The van der Waals surface area contributed by atoms with Gasteiger partial charge in [0.2, 0.25) is 0 Å². The molecule has 2 aromatic rings. The van der Waals surface area contributed by atoms with E-state index in [1.54, 1.807) is 6.92 Å². The van der Waals surface area contributed by atoms with Crippen molar-refractivity contribution in [2.75, 3.05) is 5.32 Å². The van der Waals surface area contributed by atoms with E-state index in [1.165, 1.54) is 24.3 Å². The summed E-state index contributed by atoms with van der Waals surface area (Å²) in [7, 11) is -4.28. The standard InChI is InChI=1S/C20H20N4O3S/c1-13-4-6-15(7-5-13)18(12-21)14(2)19(22)20(23-3)24-16-8-10-17(11-9-16)28(25,26)27/h4-11,24H,3,22H2,1-2H3,(H,25,26,27)/b18-14-,20-19-. The van der Waals surface area contributed by atoms with Gasteiger partial charge in [-0.05, 0) is 56.0 Å². The molecule has 2 rings (SSSR count). The number of benzene rings is 2. The zero-order valence-electron chi connectivity index (χ0n) is 15.5. The first-order chi connectivity index (χ1) is 13.2. The van der Waals surface area contributed by atoms with Crippen LogP contribution in [0.2, 0.25) is 0 Å². The van der Waals surface area contributed by atoms with Crippen LogP contribution in [0.5, 0.6) is 0 Å². The Balaban J connectivity index is 2.42. The second-order valence-electron chi connectivity index (χ2n) is 6.02. The Labute approximate surface area is 164 Å². The van der Waals surface area contributed by atoms with Crippen LogP contribution >= 0.6 is 0 Å². The highest BCUT2D eigenvalue weighted by atomic mass is 32.2. The smallest absolute Gasteiger partial charge is 0.294 e. The van der Waals surface area contributed by atoms with Gasteiger partial charge in [0.25, 0.3) is 10.1 Å². The lowest BCUT2D eigenvalue weighted by Crippen LogP contribution is -2.11. The van der Waals surface area contributed by atoms with Crippen LogP contribution < -0.4 is 11.1 Å². The molecule has 0 amide bonds. The van der Waals surface area contributed by atoms with Gasteiger partial charge in [-0.1, -0.05) is 29.8 Å². The summed E-state index contributed by atoms with van der Waals surface area (Å²) in [6.45, 7) is 7.16. The summed E-state index contributed by atoms with van der Waals surface area (Å²) in [6, 6.07) is 15.0. The van der Waals surface area contributed by atoms with Gasteiger partial charge in [0.15, 0.2) is 5.82 Å². The SMILES string of the molecule is C=N/C(Nc1ccc(S(=O)(=O)O)cc1)=C(N)\C(C)=C(\C#N)c1ccc(C)cc1. The molecule has 4 N–H and O–H groups in total. The predicted octanol–water partition coefficient (Wildman–Crippen LogP) is 3.48. The molecule has 28 heavy (non-hydrogen) atoms. The number of hydrogen-bond acceptors (Lipinski definition) is 6. The first-order valence-corrected chi connectivity index (χ1v) is 9.60. The number of allylic oxidation sites excluding steroid dienone is 2. The molecule has 0 aliphatic rings. The molecular weight excluding hydrogens is 376 g/mol. The van der Waals surface area contributed by atoms with Crippen molar-refractivity contribution in [3.05, 3.63) is 76.7 Å². The fourth-order valence-corrected chi connectivity index (χ4v) is 2.92. The summed E-state index contributed by atoms with van der Waals surface area (Å²) in [6.07, 6.45) is 0. The Hall–Kier alpha value is -3.41. The maximum atomic E-state index is 11.1. The Morgan fingerprint density at radius 1 is 1.18 bits per heavy atom. The minimum Gasteiger partial charge on any atom is -0.395 e. The van der Waals surface area contributed by atoms with Gasteiger partial charge < -0.3 is 11.1 Å². The maximum Gasteiger partial charge on any atom is 0.294 e. The van der Waals surface area contributed by atoms with Gasteiger partial charge in [-0.15, -0.1) is 0 Å². The average Bonchev–Trinajstić information content (AvgIpc) is 2.67. The molecule has 0 saturated heterocycles. The third-order valence-corrected chi connectivity index (χ3v) is 4.93. The van der Waals surface area contributed by atoms with Crippen molar-refractivity contribution in [2.24, 2.45) is 10.7 Å². The highest BCUT2D eigenvalue weighted by molar-refractivity contribution is 7.85. The summed E-state index contributed by atoms with van der Waals surface area (Å²) in [5.41, 5.74) is 9.65. The van der Waals surface area contributed by atoms with Gasteiger partial charge in [-0.2, -0.15) is 13.7 Å². The van der Waals surface area contributed by atoms with Crippen molar-refractivity contribution in [1.82, 2.24) is 0 Å². The van der Waals surface area contributed by atoms with Crippen LogP contribution in [0.1, 0.15) is 18.1 Å². The largest absolute Gasteiger partial charge is 0.395 e. The summed E-state index contributed by atoms with van der Waals surface area (Å²) in [5.74, 6) is 0.219. The van der Waals surface area contributed by atoms with E-state index < -0.39 is 10.1 Å². The van der Waals surface area contributed by atoms with E-state index >= 15 is 0 Å². The van der Waals surface area contributed by atoms with E-state index in [9.17, 15) is 13.7 Å². The van der Waals surface area contributed by atoms with E-state index in [1.807, 2.05) is 31.2 Å². The number of rotatable bonds is 6. The summed E-state index contributed by atoms with van der Waals surface area (Å²) in [4.78, 5) is 3.65. The molecule has 0 aromatic heterocycles. The van der Waals surface area contributed by atoms with Crippen molar-refractivity contribution in [3.8, 4) is 6.07 Å². The number of nitrogens with zero attached hydrogens (tertiary/aromatic N) is 2. The van der Waals surface area contributed by atoms with Crippen molar-refractivity contribution >= 4 is 28.1 Å². The number of hydrogen-bond donors (Lipinski definition) is 3. The lowest BCUT2D eigenvalue weighted by molar-refractivity contribution is 0.483. The fourth-order valence-electron chi connectivity index (χ4n) is 2.44. The second kappa shape index (κ2) is 8.52. The van der Waals surface area contributed by atoms with Crippen molar-refractivity contribution in [3.63, 3.8) is 0 Å². The number of nitrogens with two attached hydrogens (primary N) is 1. The van der Waals surface area contributed by atoms with E-state index in [0.29, 0.717) is 16.8 Å². The van der Waals surface area contributed by atoms with Crippen molar-refractivity contribution in [2.45, 2.75) is 18.7 Å². The molecule has 8 heteroatoms. The van der Waals surface area contributed by atoms with Gasteiger partial charge in [-0.3, -0.25) is 4.55 Å². The molecule has 0 aliphatic carbocycles. The van der Waals surface area contributed by atoms with E-state index in [4.69, 9.17) is 10.3 Å². The number of aliphatic imine (C=N–C) groups is 1. The molecule has 144 valence electrons. The zero-order valence-corrected chi connectivity index (χ0v) is 16.3. The lowest BCUT2D eigenvalue weighted by Gasteiger charge is -2.13. The summed E-state index contributed by atoms with van der Waals surface area (Å²) >= 11 is 0. The van der Waals surface area contributed by atoms with Crippen LogP contribution in [-0.2, 0) is 10.1 Å². The molecule has 0 fully saturated rings. The third-order valence-electron chi connectivity index (χ3n) is 4.06. The number of nitriles is 1. The zero-order chi connectivity index (χ0) is 20.9. The van der Waals surface area contributed by atoms with Crippen LogP contribution in [0.15, 0.2) is 75.5 Å². The molecule has 0 heterocycles. The van der Waals surface area contributed by atoms with Crippen LogP contribution in [0.4, 0.5) is 5.69 Å². The monoisotopic (exact) mass is 396 g/mol. The fraction of sp³-hybridized carbons (Fsp3) is 0.100. The molecule has 0 saturated carbocycles. The molecule has 7 nitrogen and oxygen atoms in total. The van der Waals surface area contributed by atoms with Crippen LogP contribution in [0, 0.1) is 18.3 Å². The molecule has 2 aromatic carbocycles. The topological polar surface area (TPSA) is 129 Å². The highest BCUT2D eigenvalue weighted by Crippen LogP contribution is 2.24. The Morgan fingerprint density at radius 3 is 2.21 bits per heavy atom. The van der Waals surface area contributed by atoms with Crippen LogP contribution in [0.25, 0.3) is 5.57 Å². The Bertz CT molecular complexity index is 1090. The molecule has 0 bridgehead atoms. The molecule has 0 atom stereocenters. The van der Waals surface area contributed by atoms with Gasteiger partial charge in [-0.25, -0.2) is 4.99 Å². The Kier molecular flexibility index (Phi) is 6.36. The van der Waals surface area contributed by atoms with Gasteiger partial charge >= 0.3 is 0 Å². The normalized spacial score (nSPS) is 13.1. The molecule has 0 radical (unpaired) electrons. The number of aryl methyl sites for hydroxylation is 1. The second-order valence-corrected chi connectivity index (χ2v) is 7.44. The van der Waals surface area contributed by atoms with Gasteiger partial charge in [0.1, 0.15) is 6.07 Å². The third kappa shape index (κ3) is 4.85. The highest BCUT2D eigenvalue weighted by Gasteiger charge is 2.13. The van der Waals surface area contributed by atoms with Crippen molar-refractivity contribution in [1.29, 1.82) is 5.26 Å². The Morgan fingerprint density at radius 2 is 1.75 bits per heavy atom. The quantitative estimate of drug-likeness (QED) is 0.297.